The fourth-order valence-electron chi connectivity index (χ4n) is 4.16. The minimum atomic E-state index is 0.814. The van der Waals surface area contributed by atoms with Crippen LogP contribution in [0.25, 0.3) is 0 Å². The van der Waals surface area contributed by atoms with Crippen molar-refractivity contribution in [3.63, 3.8) is 0 Å². The lowest BCUT2D eigenvalue weighted by Gasteiger charge is -2.36. The Morgan fingerprint density at radius 3 is 2.69 bits per heavy atom. The molecule has 176 valence electrons. The van der Waals surface area contributed by atoms with E-state index in [1.807, 2.05) is 25.1 Å². The molecule has 0 bridgehead atoms. The second-order valence-electron chi connectivity index (χ2n) is 8.46. The first-order chi connectivity index (χ1) is 15.8. The molecule has 4 rings (SSSR count). The summed E-state index contributed by atoms with van der Waals surface area (Å²) < 4.78 is 16.1. The SMILES string of the molecule is Cc1cc(CN2CCN(C(=NCCCN3CCOCC3)NCCc3ccco3)CC2)no1. The third-order valence-corrected chi connectivity index (χ3v) is 5.97. The van der Waals surface area contributed by atoms with Crippen LogP contribution in [0.3, 0.4) is 0 Å². The monoisotopic (exact) mass is 444 g/mol. The Labute approximate surface area is 190 Å². The minimum Gasteiger partial charge on any atom is -0.469 e. The van der Waals surface area contributed by atoms with Gasteiger partial charge in [0, 0.05) is 77.9 Å². The van der Waals surface area contributed by atoms with Crippen LogP contribution in [0.4, 0.5) is 0 Å². The highest BCUT2D eigenvalue weighted by Gasteiger charge is 2.21. The van der Waals surface area contributed by atoms with E-state index in [-0.39, 0.29) is 0 Å². The number of hydrogen-bond acceptors (Lipinski definition) is 7. The fourth-order valence-corrected chi connectivity index (χ4v) is 4.16. The lowest BCUT2D eigenvalue weighted by Crippen LogP contribution is -2.52. The summed E-state index contributed by atoms with van der Waals surface area (Å²) in [6.45, 7) is 13.1. The number of nitrogens with one attached hydrogen (secondary N) is 1. The van der Waals surface area contributed by atoms with E-state index in [0.717, 1.165) is 115 Å². The molecule has 2 aromatic heterocycles. The normalized spacial score (nSPS) is 18.9. The van der Waals surface area contributed by atoms with E-state index < -0.39 is 0 Å². The van der Waals surface area contributed by atoms with E-state index in [4.69, 9.17) is 18.7 Å². The highest BCUT2D eigenvalue weighted by Crippen LogP contribution is 2.10. The number of guanidine groups is 1. The molecule has 0 radical (unpaired) electrons. The molecular weight excluding hydrogens is 408 g/mol. The number of aryl methyl sites for hydroxylation is 1. The van der Waals surface area contributed by atoms with Gasteiger partial charge in [-0.2, -0.15) is 0 Å². The fraction of sp³-hybridized carbons (Fsp3) is 0.652. The predicted octanol–water partition coefficient (Wildman–Crippen LogP) is 1.60. The Bertz CT molecular complexity index is 808. The van der Waals surface area contributed by atoms with Gasteiger partial charge in [-0.3, -0.25) is 14.8 Å². The molecule has 0 saturated carbocycles. The van der Waals surface area contributed by atoms with Crippen LogP contribution >= 0.6 is 0 Å². The Kier molecular flexibility index (Phi) is 8.58. The third-order valence-electron chi connectivity index (χ3n) is 5.97. The number of morpholine rings is 1. The quantitative estimate of drug-likeness (QED) is 0.355. The minimum absolute atomic E-state index is 0.814. The van der Waals surface area contributed by atoms with Gasteiger partial charge in [0.05, 0.1) is 25.2 Å². The van der Waals surface area contributed by atoms with Gasteiger partial charge in [-0.25, -0.2) is 0 Å². The van der Waals surface area contributed by atoms with E-state index in [1.165, 1.54) is 0 Å². The number of aliphatic imine (C=N–C) groups is 1. The summed E-state index contributed by atoms with van der Waals surface area (Å²) in [6, 6.07) is 5.97. The molecule has 2 aromatic rings. The summed E-state index contributed by atoms with van der Waals surface area (Å²) >= 11 is 0. The van der Waals surface area contributed by atoms with Crippen LogP contribution in [0.5, 0.6) is 0 Å². The molecule has 4 heterocycles. The summed E-state index contributed by atoms with van der Waals surface area (Å²) in [5, 5.41) is 7.70. The maximum absolute atomic E-state index is 5.47. The van der Waals surface area contributed by atoms with Gasteiger partial charge >= 0.3 is 0 Å². The first kappa shape index (κ1) is 22.8. The Hall–Kier alpha value is -2.36. The summed E-state index contributed by atoms with van der Waals surface area (Å²) in [4.78, 5) is 12.2. The number of furan rings is 1. The molecule has 9 heteroatoms. The maximum Gasteiger partial charge on any atom is 0.194 e. The highest BCUT2D eigenvalue weighted by molar-refractivity contribution is 5.80. The van der Waals surface area contributed by atoms with Crippen LogP contribution < -0.4 is 5.32 Å². The number of nitrogens with zero attached hydrogens (tertiary/aromatic N) is 5. The molecule has 2 fully saturated rings. The molecule has 0 unspecified atom stereocenters. The van der Waals surface area contributed by atoms with Gasteiger partial charge in [0.25, 0.3) is 0 Å². The summed E-state index contributed by atoms with van der Waals surface area (Å²) in [5.41, 5.74) is 1.00. The van der Waals surface area contributed by atoms with Crippen LogP contribution in [0.2, 0.25) is 0 Å². The average Bonchev–Trinajstić information content (AvgIpc) is 3.48. The molecule has 9 nitrogen and oxygen atoms in total. The number of aromatic nitrogens is 1. The molecule has 2 saturated heterocycles. The zero-order valence-electron chi connectivity index (χ0n) is 19.2. The molecule has 0 amide bonds. The predicted molar refractivity (Wildman–Crippen MR) is 123 cm³/mol. The number of piperazine rings is 1. The number of rotatable bonds is 9. The summed E-state index contributed by atoms with van der Waals surface area (Å²) in [5.74, 6) is 2.87. The Morgan fingerprint density at radius 1 is 1.12 bits per heavy atom. The second-order valence-corrected chi connectivity index (χ2v) is 8.46. The van der Waals surface area contributed by atoms with E-state index in [1.54, 1.807) is 6.26 Å². The van der Waals surface area contributed by atoms with Gasteiger partial charge in [-0.1, -0.05) is 5.16 Å². The summed E-state index contributed by atoms with van der Waals surface area (Å²) in [6.07, 6.45) is 3.64. The first-order valence-electron chi connectivity index (χ1n) is 11.8. The number of hydrogen-bond donors (Lipinski definition) is 1. The van der Waals surface area contributed by atoms with Crippen molar-refractivity contribution in [2.75, 3.05) is 72.1 Å². The molecule has 0 spiro atoms. The zero-order chi connectivity index (χ0) is 22.0. The summed E-state index contributed by atoms with van der Waals surface area (Å²) in [7, 11) is 0. The van der Waals surface area contributed by atoms with Crippen molar-refractivity contribution < 1.29 is 13.7 Å². The molecule has 32 heavy (non-hydrogen) atoms. The first-order valence-corrected chi connectivity index (χ1v) is 11.8. The Balaban J connectivity index is 1.26. The van der Waals surface area contributed by atoms with Crippen molar-refractivity contribution in [3.8, 4) is 0 Å². The zero-order valence-corrected chi connectivity index (χ0v) is 19.2. The third kappa shape index (κ3) is 7.08. The molecule has 0 atom stereocenters. The standard InChI is InChI=1S/C23H36N6O3/c1-20-18-21(26-32-20)19-28-9-11-29(12-10-28)23(25-7-5-22-4-2-15-31-22)24-6-3-8-27-13-16-30-17-14-27/h2,4,15,18H,3,5-14,16-17,19H2,1H3,(H,24,25). The van der Waals surface area contributed by atoms with E-state index in [0.29, 0.717) is 0 Å². The lowest BCUT2D eigenvalue weighted by atomic mass is 10.3. The second kappa shape index (κ2) is 12.0. The highest BCUT2D eigenvalue weighted by atomic mass is 16.5. The molecule has 0 aromatic carbocycles. The van der Waals surface area contributed by atoms with Crippen LogP contribution in [0, 0.1) is 6.92 Å². The van der Waals surface area contributed by atoms with Gasteiger partial charge in [-0.15, -0.1) is 0 Å². The lowest BCUT2D eigenvalue weighted by molar-refractivity contribution is 0.0377. The molecule has 1 N–H and O–H groups in total. The Morgan fingerprint density at radius 2 is 1.97 bits per heavy atom. The smallest absolute Gasteiger partial charge is 0.194 e. The molecule has 0 aliphatic carbocycles. The van der Waals surface area contributed by atoms with Crippen molar-refractivity contribution in [2.24, 2.45) is 4.99 Å². The van der Waals surface area contributed by atoms with Crippen LogP contribution in [-0.2, 0) is 17.7 Å². The van der Waals surface area contributed by atoms with Crippen molar-refractivity contribution in [2.45, 2.75) is 26.3 Å². The van der Waals surface area contributed by atoms with Gasteiger partial charge in [-0.05, 0) is 25.5 Å². The largest absolute Gasteiger partial charge is 0.469 e. The van der Waals surface area contributed by atoms with Crippen LogP contribution in [0.1, 0.15) is 23.6 Å². The van der Waals surface area contributed by atoms with Crippen molar-refractivity contribution in [3.05, 3.63) is 41.7 Å². The maximum atomic E-state index is 5.47. The van der Waals surface area contributed by atoms with E-state index in [9.17, 15) is 0 Å². The van der Waals surface area contributed by atoms with Crippen molar-refractivity contribution in [1.29, 1.82) is 0 Å². The van der Waals surface area contributed by atoms with Gasteiger partial charge in [0.2, 0.25) is 0 Å². The topological polar surface area (TPSA) is 82.5 Å². The van der Waals surface area contributed by atoms with Crippen molar-refractivity contribution >= 4 is 5.96 Å². The van der Waals surface area contributed by atoms with Crippen LogP contribution in [0.15, 0.2) is 38.4 Å². The van der Waals surface area contributed by atoms with Crippen LogP contribution in [-0.4, -0.2) is 97.9 Å². The molecule has 2 aliphatic heterocycles. The average molecular weight is 445 g/mol. The molecule has 2 aliphatic rings. The molecular formula is C23H36N6O3. The van der Waals surface area contributed by atoms with Gasteiger partial charge < -0.3 is 23.9 Å². The number of ether oxygens (including phenoxy) is 1. The van der Waals surface area contributed by atoms with Gasteiger partial charge in [0.15, 0.2) is 5.96 Å². The van der Waals surface area contributed by atoms with E-state index in [2.05, 4.69) is 25.2 Å². The van der Waals surface area contributed by atoms with Crippen molar-refractivity contribution in [1.82, 2.24) is 25.2 Å². The van der Waals surface area contributed by atoms with Gasteiger partial charge in [0.1, 0.15) is 11.5 Å². The van der Waals surface area contributed by atoms with E-state index >= 15 is 0 Å².